The van der Waals surface area contributed by atoms with E-state index in [4.69, 9.17) is 4.42 Å². The summed E-state index contributed by atoms with van der Waals surface area (Å²) in [7, 11) is 0. The number of furan rings is 1. The fourth-order valence-electron chi connectivity index (χ4n) is 6.52. The fourth-order valence-corrected chi connectivity index (χ4v) is 6.52. The highest BCUT2D eigenvalue weighted by Crippen LogP contribution is 2.48. The number of amides is 2. The van der Waals surface area contributed by atoms with Gasteiger partial charge in [-0.25, -0.2) is 0 Å². The number of carbonyl (C=O) groups is 2. The molecule has 1 aliphatic carbocycles. The number of aliphatic hydroxyl groups is 3. The molecule has 4 N–H and O–H groups in total. The summed E-state index contributed by atoms with van der Waals surface area (Å²) in [6.07, 6.45) is 3.87. The summed E-state index contributed by atoms with van der Waals surface area (Å²) in [5.41, 5.74) is 4.99. The van der Waals surface area contributed by atoms with Gasteiger partial charge in [-0.2, -0.15) is 0 Å². The maximum absolute atomic E-state index is 13.8. The normalized spacial score (nSPS) is 21.4. The van der Waals surface area contributed by atoms with Gasteiger partial charge in [0, 0.05) is 17.3 Å². The molecule has 8 heteroatoms. The zero-order chi connectivity index (χ0) is 30.5. The Kier molecular flexibility index (Phi) is 9.60. The van der Waals surface area contributed by atoms with Gasteiger partial charge in [-0.15, -0.1) is 0 Å². The molecule has 2 heterocycles. The minimum atomic E-state index is -0.854. The van der Waals surface area contributed by atoms with Gasteiger partial charge in [0.2, 0.25) is 11.8 Å². The summed E-state index contributed by atoms with van der Waals surface area (Å²) in [4.78, 5) is 28.8. The highest BCUT2D eigenvalue weighted by Gasteiger charge is 2.55. The second kappa shape index (κ2) is 13.5. The van der Waals surface area contributed by atoms with Crippen LogP contribution in [-0.4, -0.2) is 39.8 Å². The van der Waals surface area contributed by atoms with Crippen LogP contribution >= 0.6 is 0 Å². The van der Waals surface area contributed by atoms with E-state index in [-0.39, 0.29) is 25.0 Å². The highest BCUT2D eigenvalue weighted by atomic mass is 16.4. The maximum atomic E-state index is 13.8. The molecule has 0 spiro atoms. The average Bonchev–Trinajstić information content (AvgIpc) is 3.60. The lowest BCUT2D eigenvalue weighted by molar-refractivity contribution is -0.123. The molecular formula is C35H40N2O6. The number of hydrogen-bond acceptors (Lipinski definition) is 7. The molecule has 2 amide bonds. The fraction of sp³-hybridized carbons (Fsp3) is 0.371. The minimum Gasteiger partial charge on any atom is -0.459 e. The number of hydrogen-bond donors (Lipinski definition) is 4. The number of imide groups is 1. The van der Waals surface area contributed by atoms with Crippen molar-refractivity contribution < 1.29 is 29.3 Å². The monoisotopic (exact) mass is 584 g/mol. The quantitative estimate of drug-likeness (QED) is 0.153. The van der Waals surface area contributed by atoms with Gasteiger partial charge in [0.05, 0.1) is 30.2 Å². The molecule has 8 nitrogen and oxygen atoms in total. The Morgan fingerprint density at radius 3 is 2.35 bits per heavy atom. The first-order valence-corrected chi connectivity index (χ1v) is 15.1. The van der Waals surface area contributed by atoms with Crippen molar-refractivity contribution in [3.05, 3.63) is 95.0 Å². The lowest BCUT2D eigenvalue weighted by Gasteiger charge is -2.36. The molecule has 4 atom stereocenters. The number of para-hydroxylation sites is 1. The molecule has 0 bridgehead atoms. The van der Waals surface area contributed by atoms with Crippen molar-refractivity contribution in [3.8, 4) is 0 Å². The van der Waals surface area contributed by atoms with Crippen LogP contribution in [0, 0.1) is 17.8 Å². The van der Waals surface area contributed by atoms with Crippen LogP contribution in [-0.2, 0) is 16.2 Å². The highest BCUT2D eigenvalue weighted by molar-refractivity contribution is 6.22. The van der Waals surface area contributed by atoms with E-state index in [0.717, 1.165) is 28.9 Å². The number of nitrogens with zero attached hydrogens (tertiary/aromatic N) is 1. The molecule has 1 fully saturated rings. The Bertz CT molecular complexity index is 1490. The second-order valence-corrected chi connectivity index (χ2v) is 11.3. The van der Waals surface area contributed by atoms with Crippen LogP contribution in [0.2, 0.25) is 0 Å². The van der Waals surface area contributed by atoms with Gasteiger partial charge >= 0.3 is 0 Å². The molecule has 226 valence electrons. The zero-order valence-electron chi connectivity index (χ0n) is 24.7. The molecule has 1 aromatic heterocycles. The van der Waals surface area contributed by atoms with Gasteiger partial charge in [0.25, 0.3) is 0 Å². The molecule has 43 heavy (non-hydrogen) atoms. The Balaban J connectivity index is 1.33. The molecule has 3 aromatic rings. The van der Waals surface area contributed by atoms with E-state index < -0.39 is 23.9 Å². The van der Waals surface area contributed by atoms with Crippen LogP contribution in [0.25, 0.3) is 6.08 Å². The Labute approximate surface area is 252 Å². The molecule has 0 unspecified atom stereocenters. The molecule has 1 aliphatic heterocycles. The van der Waals surface area contributed by atoms with Crippen LogP contribution in [0.4, 0.5) is 17.1 Å². The number of rotatable bonds is 12. The Morgan fingerprint density at radius 1 is 1.00 bits per heavy atom. The maximum Gasteiger partial charge on any atom is 0.238 e. The largest absolute Gasteiger partial charge is 0.459 e. The van der Waals surface area contributed by atoms with Crippen LogP contribution in [0.5, 0.6) is 0 Å². The SMILES string of the molecule is CCC1=C([C@H](O)CC/C(=C/c2ccc(CO)o2)CC)[C@H](CO)[C@@H]2C(=O)N(c3ccc(Nc4ccccc4)cc3)C(=O)[C@@H]2C1. The summed E-state index contributed by atoms with van der Waals surface area (Å²) in [5, 5.41) is 34.6. The van der Waals surface area contributed by atoms with E-state index in [1.54, 1.807) is 24.3 Å². The predicted octanol–water partition coefficient (Wildman–Crippen LogP) is 5.97. The number of aliphatic hydroxyl groups excluding tert-OH is 3. The van der Waals surface area contributed by atoms with Crippen molar-refractivity contribution >= 4 is 35.0 Å². The van der Waals surface area contributed by atoms with E-state index in [9.17, 15) is 24.9 Å². The third-order valence-electron chi connectivity index (χ3n) is 8.73. The smallest absolute Gasteiger partial charge is 0.238 e. The number of fused-ring (bicyclic) bond motifs is 1. The van der Waals surface area contributed by atoms with Gasteiger partial charge in [0.1, 0.15) is 18.1 Å². The van der Waals surface area contributed by atoms with Crippen LogP contribution in [0.15, 0.2) is 87.9 Å². The van der Waals surface area contributed by atoms with E-state index >= 15 is 0 Å². The summed E-state index contributed by atoms with van der Waals surface area (Å²) in [6.45, 7) is 3.54. The third kappa shape index (κ3) is 6.37. The molecular weight excluding hydrogens is 544 g/mol. The minimum absolute atomic E-state index is 0.165. The molecule has 2 aromatic carbocycles. The number of allylic oxidation sites excluding steroid dienone is 2. The van der Waals surface area contributed by atoms with E-state index in [0.29, 0.717) is 48.5 Å². The van der Waals surface area contributed by atoms with Gasteiger partial charge in [-0.05, 0) is 92.3 Å². The number of benzene rings is 2. The third-order valence-corrected chi connectivity index (χ3v) is 8.73. The van der Waals surface area contributed by atoms with Gasteiger partial charge in [-0.1, -0.05) is 43.2 Å². The number of nitrogens with one attached hydrogen (secondary N) is 1. The van der Waals surface area contributed by atoms with Crippen LogP contribution in [0.1, 0.15) is 57.5 Å². The first kappa shape index (κ1) is 30.5. The van der Waals surface area contributed by atoms with Crippen molar-refractivity contribution in [2.75, 3.05) is 16.8 Å². The van der Waals surface area contributed by atoms with E-state index in [2.05, 4.69) is 5.32 Å². The van der Waals surface area contributed by atoms with E-state index in [1.165, 1.54) is 4.90 Å². The van der Waals surface area contributed by atoms with Crippen molar-refractivity contribution in [1.29, 1.82) is 0 Å². The van der Waals surface area contributed by atoms with Crippen molar-refractivity contribution in [2.24, 2.45) is 17.8 Å². The summed E-state index contributed by atoms with van der Waals surface area (Å²) >= 11 is 0. The number of carbonyl (C=O) groups excluding carboxylic acids is 2. The summed E-state index contributed by atoms with van der Waals surface area (Å²) in [6, 6.07) is 20.5. The standard InChI is InChI=1S/C35H40N2O6/c1-3-22(18-27-15-16-28(20-38)43-27)10-17-31(40)32-23(4-2)19-29-33(30(32)21-39)35(42)37(34(29)41)26-13-11-25(12-14-26)36-24-8-6-5-7-9-24/h5-9,11-16,18,29-31,33,36,38-40H,3-4,10,17,19-21H2,1-2H3/b22-18+/t29-,30+,31-,33-/m1/s1. The van der Waals surface area contributed by atoms with Gasteiger partial charge < -0.3 is 25.1 Å². The molecule has 2 aliphatic rings. The zero-order valence-corrected chi connectivity index (χ0v) is 24.7. The van der Waals surface area contributed by atoms with Gasteiger partial charge in [-0.3, -0.25) is 14.5 Å². The summed E-state index contributed by atoms with van der Waals surface area (Å²) < 4.78 is 5.60. The molecule has 0 saturated carbocycles. The first-order valence-electron chi connectivity index (χ1n) is 15.1. The number of anilines is 3. The predicted molar refractivity (Wildman–Crippen MR) is 166 cm³/mol. The van der Waals surface area contributed by atoms with Crippen molar-refractivity contribution in [3.63, 3.8) is 0 Å². The van der Waals surface area contributed by atoms with Crippen molar-refractivity contribution in [2.45, 2.75) is 58.7 Å². The average molecular weight is 585 g/mol. The van der Waals surface area contributed by atoms with Crippen LogP contribution in [0.3, 0.4) is 0 Å². The van der Waals surface area contributed by atoms with Gasteiger partial charge in [0.15, 0.2) is 0 Å². The van der Waals surface area contributed by atoms with Crippen LogP contribution < -0.4 is 10.2 Å². The first-order chi connectivity index (χ1) is 20.9. The lowest BCUT2D eigenvalue weighted by atomic mass is 9.67. The van der Waals surface area contributed by atoms with Crippen molar-refractivity contribution in [1.82, 2.24) is 0 Å². The Morgan fingerprint density at radius 2 is 1.72 bits per heavy atom. The second-order valence-electron chi connectivity index (χ2n) is 11.3. The lowest BCUT2D eigenvalue weighted by Crippen LogP contribution is -2.39. The van der Waals surface area contributed by atoms with E-state index in [1.807, 2.05) is 62.4 Å². The molecule has 0 radical (unpaired) electrons. The topological polar surface area (TPSA) is 123 Å². The Hall–Kier alpha value is -3.98. The molecule has 1 saturated heterocycles. The molecule has 5 rings (SSSR count). The summed E-state index contributed by atoms with van der Waals surface area (Å²) in [5.74, 6) is -1.36.